The molecule has 184 valence electrons. The van der Waals surface area contributed by atoms with Crippen LogP contribution in [-0.4, -0.2) is 37.3 Å². The Labute approximate surface area is 213 Å². The molecule has 2 heterocycles. The molecule has 2 aliphatic heterocycles. The van der Waals surface area contributed by atoms with Gasteiger partial charge in [0.2, 0.25) is 0 Å². The first kappa shape index (κ1) is 23.7. The number of para-hydroxylation sites is 1. The Balaban J connectivity index is 1.59. The Morgan fingerprint density at radius 2 is 1.64 bits per heavy atom. The molecule has 0 saturated heterocycles. The molecule has 3 aromatic carbocycles. The van der Waals surface area contributed by atoms with Crippen LogP contribution in [0.3, 0.4) is 0 Å². The summed E-state index contributed by atoms with van der Waals surface area (Å²) in [6, 6.07) is 27.0. The summed E-state index contributed by atoms with van der Waals surface area (Å²) in [5.74, 6) is 0. The van der Waals surface area contributed by atoms with Crippen molar-refractivity contribution in [2.24, 2.45) is 5.10 Å². The highest BCUT2D eigenvalue weighted by molar-refractivity contribution is 6.05. The van der Waals surface area contributed by atoms with Gasteiger partial charge in [-0.25, -0.2) is 4.79 Å². The Kier molecular flexibility index (Phi) is 6.51. The van der Waals surface area contributed by atoms with Crippen LogP contribution in [0.25, 0.3) is 0 Å². The fourth-order valence-electron chi connectivity index (χ4n) is 4.95. The number of carbonyl (C=O) groups excluding carboxylic acids is 1. The molecular formula is C30H33N5O. The van der Waals surface area contributed by atoms with E-state index in [4.69, 9.17) is 5.10 Å². The van der Waals surface area contributed by atoms with Gasteiger partial charge in [0.25, 0.3) is 0 Å². The van der Waals surface area contributed by atoms with Gasteiger partial charge in [-0.15, -0.1) is 0 Å². The predicted octanol–water partition coefficient (Wildman–Crippen LogP) is 6.04. The fourth-order valence-corrected chi connectivity index (χ4v) is 4.95. The van der Waals surface area contributed by atoms with Crippen molar-refractivity contribution in [3.05, 3.63) is 107 Å². The summed E-state index contributed by atoms with van der Waals surface area (Å²) in [5, 5.41) is 10.6. The van der Waals surface area contributed by atoms with E-state index in [0.29, 0.717) is 6.54 Å². The first-order valence-corrected chi connectivity index (χ1v) is 12.5. The van der Waals surface area contributed by atoms with Gasteiger partial charge in [-0.3, -0.25) is 5.01 Å². The molecule has 36 heavy (non-hydrogen) atoms. The van der Waals surface area contributed by atoms with Gasteiger partial charge in [0.05, 0.1) is 23.5 Å². The molecule has 0 aromatic heterocycles. The second kappa shape index (κ2) is 9.90. The summed E-state index contributed by atoms with van der Waals surface area (Å²) < 4.78 is 0. The number of benzene rings is 3. The molecule has 3 aromatic rings. The van der Waals surface area contributed by atoms with Crippen molar-refractivity contribution < 1.29 is 4.79 Å². The molecule has 0 aliphatic carbocycles. The number of hydrazone groups is 1. The minimum absolute atomic E-state index is 0.0577. The maximum absolute atomic E-state index is 12.8. The SMILES string of the molecule is CCN1C=C(C2=NN(c3ccccc3C)C(c3ccc(N(C)C)cc3)C2)C(c2ccccc2)NC1=O. The Morgan fingerprint density at radius 3 is 2.31 bits per heavy atom. The normalized spacial score (nSPS) is 19.6. The monoisotopic (exact) mass is 479 g/mol. The van der Waals surface area contributed by atoms with Gasteiger partial charge >= 0.3 is 6.03 Å². The van der Waals surface area contributed by atoms with E-state index in [1.165, 1.54) is 16.8 Å². The topological polar surface area (TPSA) is 51.2 Å². The quantitative estimate of drug-likeness (QED) is 0.469. The van der Waals surface area contributed by atoms with Crippen LogP contribution >= 0.6 is 0 Å². The predicted molar refractivity (Wildman–Crippen MR) is 147 cm³/mol. The maximum atomic E-state index is 12.8. The minimum Gasteiger partial charge on any atom is -0.378 e. The maximum Gasteiger partial charge on any atom is 0.322 e. The molecular weight excluding hydrogens is 446 g/mol. The summed E-state index contributed by atoms with van der Waals surface area (Å²) in [4.78, 5) is 16.6. The number of nitrogens with zero attached hydrogens (tertiary/aromatic N) is 4. The average molecular weight is 480 g/mol. The van der Waals surface area contributed by atoms with E-state index in [2.05, 4.69) is 96.9 Å². The Bertz CT molecular complexity index is 1300. The molecule has 2 amide bonds. The van der Waals surface area contributed by atoms with Crippen LogP contribution < -0.4 is 15.2 Å². The number of carbonyl (C=O) groups is 1. The van der Waals surface area contributed by atoms with Crippen molar-refractivity contribution in [3.63, 3.8) is 0 Å². The van der Waals surface area contributed by atoms with E-state index < -0.39 is 0 Å². The van der Waals surface area contributed by atoms with Gasteiger partial charge in [-0.05, 0) is 48.7 Å². The van der Waals surface area contributed by atoms with Gasteiger partial charge in [0.15, 0.2) is 0 Å². The molecule has 5 rings (SSSR count). The minimum atomic E-state index is -0.242. The van der Waals surface area contributed by atoms with Crippen molar-refractivity contribution in [1.29, 1.82) is 0 Å². The lowest BCUT2D eigenvalue weighted by Gasteiger charge is -2.32. The summed E-state index contributed by atoms with van der Waals surface area (Å²) in [5.41, 5.74) is 7.74. The highest BCUT2D eigenvalue weighted by Crippen LogP contribution is 2.41. The lowest BCUT2D eigenvalue weighted by atomic mass is 9.90. The number of hydrogen-bond acceptors (Lipinski definition) is 4. The molecule has 0 spiro atoms. The fraction of sp³-hybridized carbons (Fsp3) is 0.267. The van der Waals surface area contributed by atoms with Crippen LogP contribution in [0.2, 0.25) is 0 Å². The second-order valence-electron chi connectivity index (χ2n) is 9.55. The average Bonchev–Trinajstić information content (AvgIpc) is 3.34. The zero-order chi connectivity index (χ0) is 25.2. The van der Waals surface area contributed by atoms with Gasteiger partial charge in [-0.1, -0.05) is 60.7 Å². The summed E-state index contributed by atoms with van der Waals surface area (Å²) in [6.45, 7) is 4.71. The lowest BCUT2D eigenvalue weighted by Crippen LogP contribution is -2.45. The van der Waals surface area contributed by atoms with Crippen molar-refractivity contribution in [2.75, 3.05) is 30.5 Å². The standard InChI is InChI=1S/C30H33N5O/c1-5-34-20-25(29(31-30(34)36)23-12-7-6-8-13-23)26-19-28(22-15-17-24(18-16-22)33(3)4)35(32-26)27-14-10-9-11-21(27)2/h6-18,20,28-29H,5,19H2,1-4H3,(H,31,36). The summed E-state index contributed by atoms with van der Waals surface area (Å²) in [7, 11) is 4.11. The van der Waals surface area contributed by atoms with Crippen LogP contribution in [0.1, 0.15) is 42.1 Å². The Hall–Kier alpha value is -4.06. The number of aryl methyl sites for hydroxylation is 1. The van der Waals surface area contributed by atoms with E-state index >= 15 is 0 Å². The van der Waals surface area contributed by atoms with Gasteiger partial charge in [0.1, 0.15) is 0 Å². The number of amides is 2. The first-order valence-electron chi connectivity index (χ1n) is 12.5. The van der Waals surface area contributed by atoms with Crippen molar-refractivity contribution in [2.45, 2.75) is 32.4 Å². The van der Waals surface area contributed by atoms with Gasteiger partial charge in [0, 0.05) is 44.5 Å². The summed E-state index contributed by atoms with van der Waals surface area (Å²) in [6.07, 6.45) is 2.74. The Morgan fingerprint density at radius 1 is 0.944 bits per heavy atom. The molecule has 0 saturated carbocycles. The number of urea groups is 1. The third-order valence-electron chi connectivity index (χ3n) is 7.01. The van der Waals surface area contributed by atoms with E-state index in [0.717, 1.165) is 29.0 Å². The molecule has 1 N–H and O–H groups in total. The van der Waals surface area contributed by atoms with E-state index in [1.807, 2.05) is 31.3 Å². The first-order chi connectivity index (χ1) is 17.5. The van der Waals surface area contributed by atoms with E-state index in [9.17, 15) is 4.79 Å². The molecule has 2 aliphatic rings. The highest BCUT2D eigenvalue weighted by atomic mass is 16.2. The molecule has 6 heteroatoms. The van der Waals surface area contributed by atoms with Crippen LogP contribution in [0.15, 0.2) is 95.7 Å². The molecule has 0 radical (unpaired) electrons. The van der Waals surface area contributed by atoms with E-state index in [1.54, 1.807) is 4.90 Å². The third kappa shape index (κ3) is 4.47. The van der Waals surface area contributed by atoms with E-state index in [-0.39, 0.29) is 18.1 Å². The van der Waals surface area contributed by atoms with Crippen LogP contribution in [0.4, 0.5) is 16.2 Å². The molecule has 0 bridgehead atoms. The van der Waals surface area contributed by atoms with Crippen LogP contribution in [0, 0.1) is 6.92 Å². The van der Waals surface area contributed by atoms with Gasteiger partial charge in [-0.2, -0.15) is 5.10 Å². The lowest BCUT2D eigenvalue weighted by molar-refractivity contribution is 0.210. The number of rotatable bonds is 6. The zero-order valence-corrected chi connectivity index (χ0v) is 21.3. The molecule has 0 fully saturated rings. The van der Waals surface area contributed by atoms with Crippen molar-refractivity contribution in [1.82, 2.24) is 10.2 Å². The van der Waals surface area contributed by atoms with Gasteiger partial charge < -0.3 is 15.1 Å². The molecule has 2 unspecified atom stereocenters. The largest absolute Gasteiger partial charge is 0.378 e. The van der Waals surface area contributed by atoms with Crippen molar-refractivity contribution in [3.8, 4) is 0 Å². The smallest absolute Gasteiger partial charge is 0.322 e. The number of anilines is 2. The number of hydrogen-bond donors (Lipinski definition) is 1. The van der Waals surface area contributed by atoms with Crippen molar-refractivity contribution >= 4 is 23.1 Å². The van der Waals surface area contributed by atoms with Crippen LogP contribution in [0.5, 0.6) is 0 Å². The zero-order valence-electron chi connectivity index (χ0n) is 21.3. The third-order valence-corrected chi connectivity index (χ3v) is 7.01. The number of nitrogens with one attached hydrogen (secondary N) is 1. The second-order valence-corrected chi connectivity index (χ2v) is 9.55. The molecule has 6 nitrogen and oxygen atoms in total. The highest BCUT2D eigenvalue weighted by Gasteiger charge is 2.37. The van der Waals surface area contributed by atoms with Crippen LogP contribution in [-0.2, 0) is 0 Å². The molecule has 2 atom stereocenters. The summed E-state index contributed by atoms with van der Waals surface area (Å²) >= 11 is 0.